The van der Waals surface area contributed by atoms with Gasteiger partial charge in [0.2, 0.25) is 24.3 Å². The number of amides is 5. The van der Waals surface area contributed by atoms with Crippen LogP contribution < -0.4 is 42.0 Å². The van der Waals surface area contributed by atoms with Crippen LogP contribution in [0.1, 0.15) is 111 Å². The van der Waals surface area contributed by atoms with E-state index >= 15 is 4.57 Å². The van der Waals surface area contributed by atoms with E-state index < -0.39 is 105 Å². The minimum Gasteiger partial charge on any atom is -0.497 e. The lowest BCUT2D eigenvalue weighted by Crippen LogP contribution is -2.38. The Morgan fingerprint density at radius 3 is 1.81 bits per heavy atom. The van der Waals surface area contributed by atoms with Gasteiger partial charge in [-0.3, -0.25) is 52.2 Å². The summed E-state index contributed by atoms with van der Waals surface area (Å²) in [6.07, 6.45) is -6.28. The van der Waals surface area contributed by atoms with Gasteiger partial charge in [0.25, 0.3) is 11.5 Å². The van der Waals surface area contributed by atoms with Crippen LogP contribution in [-0.2, 0) is 63.6 Å². The lowest BCUT2D eigenvalue weighted by Gasteiger charge is -2.37. The summed E-state index contributed by atoms with van der Waals surface area (Å²) in [4.78, 5) is 114. The lowest BCUT2D eigenvalue weighted by molar-refractivity contribution is -0.117. The summed E-state index contributed by atoms with van der Waals surface area (Å²) < 4.78 is 79.5. The van der Waals surface area contributed by atoms with Crippen molar-refractivity contribution in [3.8, 4) is 33.8 Å². The normalized spacial score (nSPS) is 17.6. The van der Waals surface area contributed by atoms with E-state index in [1.807, 2.05) is 127 Å². The van der Waals surface area contributed by atoms with Crippen molar-refractivity contribution in [2.45, 2.75) is 93.0 Å². The van der Waals surface area contributed by atoms with E-state index in [1.54, 1.807) is 69.8 Å². The van der Waals surface area contributed by atoms with Gasteiger partial charge >= 0.3 is 25.7 Å². The maximum atomic E-state index is 15.5. The van der Waals surface area contributed by atoms with Crippen molar-refractivity contribution < 1.29 is 80.4 Å². The summed E-state index contributed by atoms with van der Waals surface area (Å²) in [5.74, 6) is -0.996. The molecule has 8 aromatic carbocycles. The van der Waals surface area contributed by atoms with Crippen LogP contribution in [-0.4, -0.2) is 167 Å². The molecule has 5 heterocycles. The van der Waals surface area contributed by atoms with Crippen molar-refractivity contribution in [3.05, 3.63) is 301 Å². The number of nitrogens with one attached hydrogen (secondary N) is 5. The summed E-state index contributed by atoms with van der Waals surface area (Å²) in [7, 11) is -0.221. The third-order valence-corrected chi connectivity index (χ3v) is 23.2. The third-order valence-electron chi connectivity index (χ3n) is 21.7. The number of aliphatic hydroxyl groups is 1. The molecule has 2 aliphatic heterocycles. The third kappa shape index (κ3) is 18.7. The minimum atomic E-state index is -4.91. The predicted octanol–water partition coefficient (Wildman–Crippen LogP) is 12.2. The number of nitrogens with zero attached hydrogens (tertiary/aromatic N) is 7. The Balaban J connectivity index is 0.599. The fourth-order valence-electron chi connectivity index (χ4n) is 15.6. The van der Waals surface area contributed by atoms with Crippen LogP contribution in [0.4, 0.5) is 21.4 Å². The molecule has 11 aromatic rings. The fourth-order valence-corrected chi connectivity index (χ4v) is 17.0. The summed E-state index contributed by atoms with van der Waals surface area (Å²) in [6, 6.07) is 64.1. The molecule has 15 rings (SSSR count). The predicted molar refractivity (Wildman–Crippen MR) is 443 cm³/mol. The SMILES string of the molecule is [C-]#[N+]CCOP(=O)(OC[C@H]1O[C@@H](n2ccc(NC(=O)CCCN(C)C(=O)OCC3c4ccccc4-c4ccccc43)nc2=O)CC1O)OC1C[C@H](n2cnc3c(=O)[nH]c(NC(=O)CCNC(=O)c4ccc(CNC(=O)OCC5c6ccccc6-c6ccccc65)cc4)nc32)O[C@@H]1COC(c1ccccc1)(c1ccc(OC)cc1)c1ccc(OC)cc1. The lowest BCUT2D eigenvalue weighted by atomic mass is 9.80. The first kappa shape index (κ1) is 83.1. The van der Waals surface area contributed by atoms with E-state index in [4.69, 9.17) is 53.3 Å². The number of anilines is 2. The number of carbonyl (C=O) groups is 5. The van der Waals surface area contributed by atoms with Gasteiger partial charge in [-0.1, -0.05) is 164 Å². The number of H-pyrrole nitrogens is 1. The van der Waals surface area contributed by atoms with Gasteiger partial charge in [0, 0.05) is 76.0 Å². The van der Waals surface area contributed by atoms with Crippen molar-refractivity contribution in [2.24, 2.45) is 0 Å². The minimum absolute atomic E-state index is 0.0237. The molecule has 121 heavy (non-hydrogen) atoms. The van der Waals surface area contributed by atoms with Crippen molar-refractivity contribution in [1.82, 2.24) is 44.6 Å². The number of imidazole rings is 1. The quantitative estimate of drug-likeness (QED) is 0.00944. The standard InChI is InChI=1S/C89H87N12O19P/c1-90-43-46-116-121(110,117-53-74-72(102)47-79(118-74)100-45-41-76(95-86(100)107)94-77(103)27-16-44-99(2)88(109)114-51-71-68-25-14-10-21-64(68)65-22-11-15-26-69(65)71)120-73-48-80(119-75(73)52-115-89(57-17-6-5-7-18-57,58-32-36-60(111-3)37-33-58)59-34-38-61(112-4)39-35-59)101-54-93-81-82(101)97-85(98-84(81)106)96-78(104)40-42-91-83(105)56-30-28-55(29-31-56)49-92-87(108)113-50-70-66-23-12-8-19-62(66)63-20-9-13-24-67(63)70/h5-15,17-26,28-39,41,45,54,70-75,79-80,102H,16,27,40,42-44,46-53H2,2-4H3,(H,91,105)(H,92,108)(H,94,95,103,107)(H2,96,97,98,104,106)/t72?,73?,74-,75-,79-,80-,121?/m1/s1. The second kappa shape index (κ2) is 37.5. The average Bonchev–Trinajstić information content (AvgIpc) is 1.42. The van der Waals surface area contributed by atoms with Gasteiger partial charge in [-0.2, -0.15) is 9.97 Å². The number of hydrogen-bond acceptors (Lipinski definition) is 22. The van der Waals surface area contributed by atoms with E-state index in [9.17, 15) is 38.7 Å². The number of aliphatic hydroxyl groups excluding tert-OH is 1. The van der Waals surface area contributed by atoms with E-state index in [-0.39, 0.29) is 113 Å². The summed E-state index contributed by atoms with van der Waals surface area (Å²) in [5.41, 5.74) is 8.54. The first-order valence-corrected chi connectivity index (χ1v) is 40.9. The number of methoxy groups -OCH3 is 2. The van der Waals surface area contributed by atoms with Gasteiger partial charge in [0.1, 0.15) is 73.5 Å². The van der Waals surface area contributed by atoms with Gasteiger partial charge in [-0.25, -0.2) is 30.5 Å². The number of carbonyl (C=O) groups excluding carboxylic acids is 5. The second-order valence-electron chi connectivity index (χ2n) is 29.3. The van der Waals surface area contributed by atoms with Crippen LogP contribution in [0.25, 0.3) is 38.3 Å². The van der Waals surface area contributed by atoms with Crippen LogP contribution in [0.5, 0.6) is 11.5 Å². The van der Waals surface area contributed by atoms with Gasteiger partial charge in [0.05, 0.1) is 39.9 Å². The number of fused-ring (bicyclic) bond motifs is 7. The van der Waals surface area contributed by atoms with Crippen LogP contribution >= 0.6 is 7.82 Å². The molecule has 0 saturated carbocycles. The fraction of sp³-hybridized carbons (Fsp3) is 0.292. The number of hydrogen-bond donors (Lipinski definition) is 6. The molecule has 0 radical (unpaired) electrons. The molecule has 6 N–H and O–H groups in total. The number of rotatable bonds is 34. The zero-order valence-corrected chi connectivity index (χ0v) is 67.1. The van der Waals surface area contributed by atoms with Crippen molar-refractivity contribution in [3.63, 3.8) is 0 Å². The maximum absolute atomic E-state index is 15.5. The van der Waals surface area contributed by atoms with Crippen LogP contribution in [0.2, 0.25) is 0 Å². The first-order valence-electron chi connectivity index (χ1n) is 39.4. The van der Waals surface area contributed by atoms with Crippen molar-refractivity contribution in [1.29, 1.82) is 0 Å². The average molecular weight is 1660 g/mol. The molecule has 2 saturated heterocycles. The highest BCUT2D eigenvalue weighted by molar-refractivity contribution is 7.48. The van der Waals surface area contributed by atoms with Crippen molar-refractivity contribution in [2.75, 3.05) is 84.6 Å². The summed E-state index contributed by atoms with van der Waals surface area (Å²) >= 11 is 0. The molecule has 7 atom stereocenters. The zero-order valence-electron chi connectivity index (χ0n) is 66.2. The Labute approximate surface area is 694 Å². The number of alkyl carbamates (subject to hydrolysis) is 1. The smallest absolute Gasteiger partial charge is 0.475 e. The maximum Gasteiger partial charge on any atom is 0.475 e. The van der Waals surface area contributed by atoms with Crippen molar-refractivity contribution >= 4 is 60.7 Å². The zero-order chi connectivity index (χ0) is 84.2. The van der Waals surface area contributed by atoms with E-state index in [2.05, 4.69) is 70.3 Å². The highest BCUT2D eigenvalue weighted by Crippen LogP contribution is 2.55. The molecule has 31 nitrogen and oxygen atoms in total. The Kier molecular flexibility index (Phi) is 25.7. The molecule has 0 bridgehead atoms. The molecule has 3 unspecified atom stereocenters. The van der Waals surface area contributed by atoms with Crippen LogP contribution in [0, 0.1) is 6.57 Å². The molecule has 5 amide bonds. The molecule has 622 valence electrons. The molecule has 3 aromatic heterocycles. The van der Waals surface area contributed by atoms with Crippen LogP contribution in [0.15, 0.2) is 228 Å². The number of ether oxygens (including phenoxy) is 7. The second-order valence-corrected chi connectivity index (χ2v) is 30.9. The first-order chi connectivity index (χ1) is 58.9. The Morgan fingerprint density at radius 1 is 0.636 bits per heavy atom. The van der Waals surface area contributed by atoms with Gasteiger partial charge < -0.3 is 64.0 Å². The molecule has 2 aliphatic carbocycles. The highest BCUT2D eigenvalue weighted by atomic mass is 31.2. The Bertz CT molecular complexity index is 5670. The monoisotopic (exact) mass is 1660 g/mol. The van der Waals surface area contributed by atoms with Crippen LogP contribution in [0.3, 0.4) is 0 Å². The number of phosphoric ester groups is 1. The highest BCUT2D eigenvalue weighted by Gasteiger charge is 2.48. The molecular weight excluding hydrogens is 1570 g/mol. The molecule has 0 spiro atoms. The Morgan fingerprint density at radius 2 is 1.21 bits per heavy atom. The largest absolute Gasteiger partial charge is 0.497 e. The number of benzene rings is 8. The molecule has 2 fully saturated rings. The molecule has 4 aliphatic rings. The summed E-state index contributed by atoms with van der Waals surface area (Å²) in [6.45, 7) is 6.37. The van der Waals surface area contributed by atoms with Gasteiger partial charge in [-0.15, -0.1) is 0 Å². The van der Waals surface area contributed by atoms with E-state index in [0.717, 1.165) is 49.1 Å². The summed E-state index contributed by atoms with van der Waals surface area (Å²) in [5, 5.41) is 22.3. The number of phosphoric acid groups is 1. The van der Waals surface area contributed by atoms with Gasteiger partial charge in [0.15, 0.2) is 11.2 Å². The van der Waals surface area contributed by atoms with E-state index in [0.29, 0.717) is 39.3 Å². The Hall–Kier alpha value is -13.0. The number of aromatic nitrogens is 6. The topological polar surface area (TPSA) is 369 Å². The molecule has 32 heteroatoms. The van der Waals surface area contributed by atoms with E-state index in [1.165, 1.54) is 28.1 Å². The van der Waals surface area contributed by atoms with Gasteiger partial charge in [-0.05, 0) is 116 Å². The molecular formula is C89H87N12O19P. The number of aromatic amines is 1.